The Morgan fingerprint density at radius 2 is 2.00 bits per heavy atom. The first-order chi connectivity index (χ1) is 7.65. The molecule has 2 aromatic rings. The van der Waals surface area contributed by atoms with Gasteiger partial charge in [-0.1, -0.05) is 18.2 Å². The van der Waals surface area contributed by atoms with Crippen molar-refractivity contribution >= 4 is 0 Å². The molecule has 16 heavy (non-hydrogen) atoms. The van der Waals surface area contributed by atoms with Gasteiger partial charge in [0.15, 0.2) is 0 Å². The van der Waals surface area contributed by atoms with Crippen LogP contribution in [0.1, 0.15) is 11.4 Å². The number of H-pyrrole nitrogens is 1. The minimum absolute atomic E-state index is 0.212. The zero-order valence-corrected chi connectivity index (χ0v) is 9.15. The van der Waals surface area contributed by atoms with Gasteiger partial charge >= 0.3 is 0 Å². The lowest BCUT2D eigenvalue weighted by atomic mass is 10.2. The molecule has 4 nitrogen and oxygen atoms in total. The Balaban J connectivity index is 2.34. The van der Waals surface area contributed by atoms with Gasteiger partial charge in [0.2, 0.25) is 5.88 Å². The molecule has 0 aliphatic carbocycles. The van der Waals surface area contributed by atoms with Crippen LogP contribution in [0, 0.1) is 13.8 Å². The summed E-state index contributed by atoms with van der Waals surface area (Å²) in [5.74, 6) is 1.56. The second-order valence-corrected chi connectivity index (χ2v) is 3.54. The Labute approximate surface area is 92.9 Å². The summed E-state index contributed by atoms with van der Waals surface area (Å²) < 4.78 is 5.54. The van der Waals surface area contributed by atoms with E-state index < -0.39 is 0 Å². The first kappa shape index (κ1) is 10.4. The molecule has 4 heteroatoms. The summed E-state index contributed by atoms with van der Waals surface area (Å²) in [5.41, 5.74) is 0.790. The fourth-order valence-corrected chi connectivity index (χ4v) is 1.39. The zero-order chi connectivity index (χ0) is 11.5. The van der Waals surface area contributed by atoms with Crippen molar-refractivity contribution in [1.82, 2.24) is 9.97 Å². The largest absolute Gasteiger partial charge is 0.438 e. The first-order valence-corrected chi connectivity index (χ1v) is 4.96. The summed E-state index contributed by atoms with van der Waals surface area (Å²) in [6.07, 6.45) is 0. The fraction of sp³-hybridized carbons (Fsp3) is 0.167. The summed E-state index contributed by atoms with van der Waals surface area (Å²) in [6, 6.07) is 8.92. The minimum Gasteiger partial charge on any atom is -0.438 e. The number of rotatable bonds is 2. The van der Waals surface area contributed by atoms with E-state index >= 15 is 0 Å². The van der Waals surface area contributed by atoms with E-state index in [-0.39, 0.29) is 5.56 Å². The minimum atomic E-state index is -0.212. The second kappa shape index (κ2) is 4.18. The maximum Gasteiger partial charge on any atom is 0.254 e. The van der Waals surface area contributed by atoms with Gasteiger partial charge < -0.3 is 9.72 Å². The van der Waals surface area contributed by atoms with Crippen molar-refractivity contribution in [1.29, 1.82) is 0 Å². The van der Waals surface area contributed by atoms with Crippen LogP contribution in [0.2, 0.25) is 0 Å². The Hall–Kier alpha value is -2.10. The zero-order valence-electron chi connectivity index (χ0n) is 9.15. The Kier molecular flexibility index (Phi) is 2.72. The van der Waals surface area contributed by atoms with Crippen molar-refractivity contribution in [2.45, 2.75) is 13.8 Å². The molecular weight excluding hydrogens is 204 g/mol. The van der Waals surface area contributed by atoms with Crippen LogP contribution in [0.5, 0.6) is 11.6 Å². The van der Waals surface area contributed by atoms with E-state index in [0.717, 1.165) is 5.56 Å². The van der Waals surface area contributed by atoms with E-state index in [0.29, 0.717) is 17.5 Å². The Bertz CT molecular complexity index is 561. The molecule has 1 aromatic carbocycles. The highest BCUT2D eigenvalue weighted by Crippen LogP contribution is 2.21. The highest BCUT2D eigenvalue weighted by molar-refractivity contribution is 5.34. The Morgan fingerprint density at radius 3 is 2.69 bits per heavy atom. The van der Waals surface area contributed by atoms with Gasteiger partial charge in [-0.05, 0) is 25.5 Å². The van der Waals surface area contributed by atoms with Gasteiger partial charge in [-0.15, -0.1) is 0 Å². The lowest BCUT2D eigenvalue weighted by Gasteiger charge is -2.07. The van der Waals surface area contributed by atoms with Crippen LogP contribution in [0.4, 0.5) is 0 Å². The molecule has 0 radical (unpaired) electrons. The van der Waals surface area contributed by atoms with Gasteiger partial charge in [0.25, 0.3) is 5.56 Å². The first-order valence-electron chi connectivity index (χ1n) is 4.96. The van der Waals surface area contributed by atoms with Crippen molar-refractivity contribution in [3.05, 3.63) is 52.1 Å². The number of aromatic amines is 1. The Morgan fingerprint density at radius 1 is 1.25 bits per heavy atom. The average molecular weight is 216 g/mol. The molecular formula is C12H12N2O2. The number of benzene rings is 1. The third kappa shape index (κ3) is 2.28. The lowest BCUT2D eigenvalue weighted by molar-refractivity contribution is 0.455. The molecule has 0 amide bonds. The van der Waals surface area contributed by atoms with Gasteiger partial charge in [-0.2, -0.15) is 0 Å². The number of aryl methyl sites for hydroxylation is 2. The van der Waals surface area contributed by atoms with Crippen molar-refractivity contribution in [3.8, 4) is 11.6 Å². The fourth-order valence-electron chi connectivity index (χ4n) is 1.39. The molecule has 82 valence electrons. The molecule has 0 unspecified atom stereocenters. The molecule has 1 N–H and O–H groups in total. The summed E-state index contributed by atoms with van der Waals surface area (Å²) in [5, 5.41) is 0. The molecule has 0 bridgehead atoms. The third-order valence-corrected chi connectivity index (χ3v) is 2.14. The lowest BCUT2D eigenvalue weighted by Crippen LogP contribution is -2.08. The van der Waals surface area contributed by atoms with E-state index in [2.05, 4.69) is 9.97 Å². The molecule has 0 atom stereocenters. The number of para-hydroxylation sites is 1. The smallest absolute Gasteiger partial charge is 0.254 e. The van der Waals surface area contributed by atoms with E-state index in [9.17, 15) is 4.79 Å². The second-order valence-electron chi connectivity index (χ2n) is 3.54. The van der Waals surface area contributed by atoms with E-state index in [1.807, 2.05) is 31.2 Å². The van der Waals surface area contributed by atoms with Gasteiger partial charge in [0.1, 0.15) is 11.6 Å². The van der Waals surface area contributed by atoms with Gasteiger partial charge in [0, 0.05) is 0 Å². The van der Waals surface area contributed by atoms with Gasteiger partial charge in [-0.3, -0.25) is 4.79 Å². The summed E-state index contributed by atoms with van der Waals surface area (Å²) in [7, 11) is 0. The van der Waals surface area contributed by atoms with Gasteiger partial charge in [0.05, 0.1) is 6.07 Å². The number of nitrogens with zero attached hydrogens (tertiary/aromatic N) is 1. The van der Waals surface area contributed by atoms with Gasteiger partial charge in [-0.25, -0.2) is 4.98 Å². The monoisotopic (exact) mass is 216 g/mol. The SMILES string of the molecule is Cc1nc(Oc2ccccc2C)cc(=O)[nH]1. The molecule has 0 aliphatic rings. The van der Waals surface area contributed by atoms with Crippen LogP contribution < -0.4 is 10.3 Å². The molecule has 0 aliphatic heterocycles. The summed E-state index contributed by atoms with van der Waals surface area (Å²) >= 11 is 0. The quantitative estimate of drug-likeness (QED) is 0.837. The normalized spacial score (nSPS) is 10.1. The maximum atomic E-state index is 11.2. The molecule has 1 heterocycles. The number of aromatic nitrogens is 2. The van der Waals surface area contributed by atoms with Crippen molar-refractivity contribution < 1.29 is 4.74 Å². The topological polar surface area (TPSA) is 55.0 Å². The van der Waals surface area contributed by atoms with E-state index in [4.69, 9.17) is 4.74 Å². The predicted octanol–water partition coefficient (Wildman–Crippen LogP) is 2.18. The van der Waals surface area contributed by atoms with Crippen LogP contribution in [-0.4, -0.2) is 9.97 Å². The van der Waals surface area contributed by atoms with E-state index in [1.165, 1.54) is 6.07 Å². The van der Waals surface area contributed by atoms with Crippen LogP contribution >= 0.6 is 0 Å². The molecule has 0 fully saturated rings. The summed E-state index contributed by atoms with van der Waals surface area (Å²) in [4.78, 5) is 17.9. The van der Waals surface area contributed by atoms with Crippen LogP contribution in [0.15, 0.2) is 35.1 Å². The number of hydrogen-bond donors (Lipinski definition) is 1. The summed E-state index contributed by atoms with van der Waals surface area (Å²) in [6.45, 7) is 3.65. The van der Waals surface area contributed by atoms with Crippen LogP contribution in [0.3, 0.4) is 0 Å². The number of nitrogens with one attached hydrogen (secondary N) is 1. The van der Waals surface area contributed by atoms with Crippen molar-refractivity contribution in [3.63, 3.8) is 0 Å². The maximum absolute atomic E-state index is 11.2. The van der Waals surface area contributed by atoms with Crippen molar-refractivity contribution in [2.24, 2.45) is 0 Å². The average Bonchev–Trinajstić information content (AvgIpc) is 2.20. The predicted molar refractivity (Wildman–Crippen MR) is 60.8 cm³/mol. The van der Waals surface area contributed by atoms with E-state index in [1.54, 1.807) is 6.92 Å². The van der Waals surface area contributed by atoms with Crippen LogP contribution in [-0.2, 0) is 0 Å². The third-order valence-electron chi connectivity index (χ3n) is 2.14. The standard InChI is InChI=1S/C12H12N2O2/c1-8-5-3-4-6-10(8)16-12-7-11(15)13-9(2)14-12/h3-7H,1-2H3,(H,13,14,15). The highest BCUT2D eigenvalue weighted by Gasteiger charge is 2.03. The number of hydrogen-bond acceptors (Lipinski definition) is 3. The van der Waals surface area contributed by atoms with Crippen molar-refractivity contribution in [2.75, 3.05) is 0 Å². The van der Waals surface area contributed by atoms with Crippen LogP contribution in [0.25, 0.3) is 0 Å². The number of ether oxygens (including phenoxy) is 1. The molecule has 0 saturated heterocycles. The molecule has 0 saturated carbocycles. The molecule has 1 aromatic heterocycles. The highest BCUT2D eigenvalue weighted by atomic mass is 16.5. The molecule has 0 spiro atoms. The molecule has 2 rings (SSSR count).